The Morgan fingerprint density at radius 1 is 0.434 bits per heavy atom. The summed E-state index contributed by atoms with van der Waals surface area (Å²) < 4.78 is 64.8. The molecule has 2 aliphatic heterocycles. The quantitative estimate of drug-likeness (QED) is 0.0872. The monoisotopic (exact) mass is 1090 g/mol. The molecule has 0 spiro atoms. The molecule has 6 aromatic rings. The molecule has 0 fully saturated rings. The van der Waals surface area contributed by atoms with Crippen LogP contribution in [0.2, 0.25) is 38.3 Å². The van der Waals surface area contributed by atoms with E-state index in [0.717, 1.165) is 79.9 Å². The molecule has 0 amide bonds. The van der Waals surface area contributed by atoms with Crippen LogP contribution in [-0.4, -0.2) is 153 Å². The van der Waals surface area contributed by atoms with Crippen LogP contribution in [-0.2, 0) is 28.4 Å². The number of hydrogen-bond donors (Lipinski definition) is 2. The molecule has 76 heavy (non-hydrogen) atoms. The van der Waals surface area contributed by atoms with Gasteiger partial charge in [-0.1, -0.05) is 72.8 Å². The van der Waals surface area contributed by atoms with Crippen molar-refractivity contribution in [3.63, 3.8) is 0 Å². The van der Waals surface area contributed by atoms with Gasteiger partial charge in [0, 0.05) is 48.3 Å². The van der Waals surface area contributed by atoms with Crippen molar-refractivity contribution >= 4 is 38.2 Å². The first kappa shape index (κ1) is 63.5. The van der Waals surface area contributed by atoms with Gasteiger partial charge in [0.15, 0.2) is 16.6 Å². The van der Waals surface area contributed by atoms with E-state index in [0.29, 0.717) is 115 Å². The lowest BCUT2D eigenvalue weighted by atomic mass is 9.86. The van der Waals surface area contributed by atoms with E-state index in [1.54, 1.807) is 0 Å². The molecule has 18 heteroatoms. The summed E-state index contributed by atoms with van der Waals surface area (Å²) in [6.07, 6.45) is 2.02. The van der Waals surface area contributed by atoms with Gasteiger partial charge in [0.2, 0.25) is 0 Å². The van der Waals surface area contributed by atoms with Gasteiger partial charge in [-0.2, -0.15) is 0 Å². The second-order valence-electron chi connectivity index (χ2n) is 19.8. The topological polar surface area (TPSA) is 259 Å². The fourth-order valence-electron chi connectivity index (χ4n) is 9.34. The van der Waals surface area contributed by atoms with Crippen molar-refractivity contribution in [2.75, 3.05) is 92.5 Å². The highest BCUT2D eigenvalue weighted by atomic mass is 28.4. The Labute approximate surface area is 449 Å². The van der Waals surface area contributed by atoms with Crippen LogP contribution in [0.4, 0.5) is 0 Å². The number of fused-ring (bicyclic) bond motifs is 2. The fraction of sp³-hybridized carbons (Fsp3) is 0.448. The molecule has 2 atom stereocenters. The molecular weight excluding hydrogens is 1010 g/mol. The molecular formula is C58H82O16Si2. The number of ether oxygens (including phenoxy) is 10. The molecule has 2 heterocycles. The average Bonchev–Trinajstić information content (AvgIpc) is 3.36. The third-order valence-corrected chi connectivity index (χ3v) is 16.1. The minimum Gasteiger partial charge on any atom is -0.493 e. The molecule has 0 saturated carbocycles. The summed E-state index contributed by atoms with van der Waals surface area (Å²) in [4.78, 5) is 21.3. The first-order chi connectivity index (χ1) is 35.0. The largest absolute Gasteiger partial charge is 0.493 e. The highest BCUT2D eigenvalue weighted by molar-refractivity contribution is 6.70. The zero-order valence-corrected chi connectivity index (χ0v) is 46.7. The van der Waals surface area contributed by atoms with E-state index in [1.807, 2.05) is 50.5 Å². The Morgan fingerprint density at radius 2 is 0.789 bits per heavy atom. The summed E-state index contributed by atoms with van der Waals surface area (Å²) in [5, 5.41) is 3.82. The summed E-state index contributed by atoms with van der Waals surface area (Å²) in [7, 11) is -4.52. The average molecular weight is 1090 g/mol. The highest BCUT2D eigenvalue weighted by Crippen LogP contribution is 2.53. The minimum atomic E-state index is -2.26. The highest BCUT2D eigenvalue weighted by Gasteiger charge is 2.29. The number of hydrogen-bond acceptors (Lipinski definition) is 12. The SMILES string of the molecule is C[Si](C)(O)CCCO[C@@H]1CCOc2ccc3cc(-c4ccccc4)c4c(c3c2)-c2c(c(-c3ccccc3)cc3ccc(cc23)OCC[C@H]1OCCC[Si](C)(C)O)OCCOCCOCCOCCOCCO4.O.O.O.O. The Morgan fingerprint density at radius 3 is 1.14 bits per heavy atom. The molecule has 418 valence electrons. The van der Waals surface area contributed by atoms with E-state index in [2.05, 4.69) is 84.9 Å². The molecule has 10 N–H and O–H groups in total. The maximum absolute atomic E-state index is 10.6. The van der Waals surface area contributed by atoms with Gasteiger partial charge in [0.05, 0.1) is 78.3 Å². The summed E-state index contributed by atoms with van der Waals surface area (Å²) in [5.41, 5.74) is 5.56. The van der Waals surface area contributed by atoms with Crippen molar-refractivity contribution in [1.82, 2.24) is 0 Å². The molecule has 0 aromatic heterocycles. The van der Waals surface area contributed by atoms with Gasteiger partial charge in [-0.05, 0) is 120 Å². The standard InChI is InChI=1S/C58H74O12Si2.4H2O/c1-71(2,59)37-11-23-67-53-21-25-65-47-19-17-45-39-51(43-13-7-5-8-14-43)57-55(49(45)41-47)56-50-42-48(66-26-22-54(53)68-24-12-38-72(3,4)60)20-18-46(50)40-52(44-15-9-6-10-16-44)58(56)70-36-34-64-32-30-62-28-27-61-29-31-63-33-35-69-57;;;;/h5-10,13-20,39-42,53-54,59-60H,11-12,21-38H2,1-4H3;4*1H2/t53-,54-;;;;/m1..../s1. The number of benzene rings is 6. The van der Waals surface area contributed by atoms with Gasteiger partial charge in [-0.3, -0.25) is 0 Å². The van der Waals surface area contributed by atoms with Crippen molar-refractivity contribution in [2.24, 2.45) is 0 Å². The second-order valence-corrected chi connectivity index (χ2v) is 28.1. The lowest BCUT2D eigenvalue weighted by Crippen LogP contribution is -2.36. The molecule has 16 nitrogen and oxygen atoms in total. The van der Waals surface area contributed by atoms with Crippen molar-refractivity contribution in [3.8, 4) is 56.4 Å². The van der Waals surface area contributed by atoms with Gasteiger partial charge in [0.1, 0.15) is 36.2 Å². The predicted molar refractivity (Wildman–Crippen MR) is 304 cm³/mol. The summed E-state index contributed by atoms with van der Waals surface area (Å²) in [5.74, 6) is 2.77. The van der Waals surface area contributed by atoms with Crippen LogP contribution in [0.15, 0.2) is 109 Å². The maximum Gasteiger partial charge on any atom is 0.182 e. The molecule has 0 unspecified atom stereocenters. The molecule has 8 rings (SSSR count). The minimum absolute atomic E-state index is 0. The lowest BCUT2D eigenvalue weighted by Gasteiger charge is -2.29. The Kier molecular flexibility index (Phi) is 26.3. The molecule has 0 saturated heterocycles. The van der Waals surface area contributed by atoms with Gasteiger partial charge in [0.25, 0.3) is 0 Å². The zero-order chi connectivity index (χ0) is 50.2. The Bertz CT molecular complexity index is 2450. The van der Waals surface area contributed by atoms with Crippen LogP contribution in [0.1, 0.15) is 25.7 Å². The lowest BCUT2D eigenvalue weighted by molar-refractivity contribution is -0.0862. The first-order valence-electron chi connectivity index (χ1n) is 25.8. The summed E-state index contributed by atoms with van der Waals surface area (Å²) in [6, 6.07) is 39.2. The Balaban J connectivity index is 0.00000312. The third kappa shape index (κ3) is 18.3. The zero-order valence-electron chi connectivity index (χ0n) is 44.7. The van der Waals surface area contributed by atoms with Gasteiger partial charge < -0.3 is 78.9 Å². The molecule has 0 radical (unpaired) electrons. The summed E-state index contributed by atoms with van der Waals surface area (Å²) in [6.45, 7) is 13.4. The van der Waals surface area contributed by atoms with Crippen LogP contribution >= 0.6 is 0 Å². The van der Waals surface area contributed by atoms with Gasteiger partial charge in [-0.15, -0.1) is 0 Å². The van der Waals surface area contributed by atoms with Crippen molar-refractivity contribution in [2.45, 2.75) is 76.2 Å². The van der Waals surface area contributed by atoms with Crippen LogP contribution in [0.5, 0.6) is 23.0 Å². The van der Waals surface area contributed by atoms with Crippen molar-refractivity contribution in [1.29, 1.82) is 0 Å². The van der Waals surface area contributed by atoms with Crippen LogP contribution < -0.4 is 18.9 Å². The number of rotatable bonds is 12. The van der Waals surface area contributed by atoms with Gasteiger partial charge >= 0.3 is 0 Å². The van der Waals surface area contributed by atoms with Crippen LogP contribution in [0, 0.1) is 0 Å². The molecule has 6 aromatic carbocycles. The van der Waals surface area contributed by atoms with E-state index < -0.39 is 16.6 Å². The van der Waals surface area contributed by atoms with Crippen LogP contribution in [0.25, 0.3) is 54.9 Å². The molecule has 4 bridgehead atoms. The third-order valence-electron chi connectivity index (χ3n) is 12.9. The predicted octanol–water partition coefficient (Wildman–Crippen LogP) is 8.03. The van der Waals surface area contributed by atoms with Crippen molar-refractivity contribution < 1.29 is 78.9 Å². The molecule has 0 aliphatic carbocycles. The fourth-order valence-corrected chi connectivity index (χ4v) is 11.4. The summed E-state index contributed by atoms with van der Waals surface area (Å²) >= 11 is 0. The normalized spacial score (nSPS) is 17.3. The Hall–Kier alpha value is -5.01. The van der Waals surface area contributed by atoms with E-state index in [-0.39, 0.29) is 47.3 Å². The van der Waals surface area contributed by atoms with E-state index in [1.165, 1.54) is 0 Å². The van der Waals surface area contributed by atoms with Crippen LogP contribution in [0.3, 0.4) is 0 Å². The van der Waals surface area contributed by atoms with E-state index in [9.17, 15) is 9.59 Å². The van der Waals surface area contributed by atoms with E-state index in [4.69, 9.17) is 47.4 Å². The first-order valence-corrected chi connectivity index (χ1v) is 32.1. The van der Waals surface area contributed by atoms with Gasteiger partial charge in [-0.25, -0.2) is 0 Å². The molecule has 2 aliphatic rings. The second kappa shape index (κ2) is 31.4. The maximum atomic E-state index is 10.6. The van der Waals surface area contributed by atoms with E-state index >= 15 is 0 Å². The van der Waals surface area contributed by atoms with Crippen molar-refractivity contribution in [3.05, 3.63) is 109 Å². The smallest absolute Gasteiger partial charge is 0.182 e.